The van der Waals surface area contributed by atoms with E-state index in [0.717, 1.165) is 11.4 Å². The van der Waals surface area contributed by atoms with Crippen molar-refractivity contribution >= 4 is 11.6 Å². The zero-order valence-electron chi connectivity index (χ0n) is 14.6. The van der Waals surface area contributed by atoms with Gasteiger partial charge < -0.3 is 20.1 Å². The summed E-state index contributed by atoms with van der Waals surface area (Å²) in [5.74, 6) is 0.769. The van der Waals surface area contributed by atoms with Crippen molar-refractivity contribution in [3.05, 3.63) is 23.8 Å². The van der Waals surface area contributed by atoms with Crippen LogP contribution in [-0.4, -0.2) is 38.3 Å². The van der Waals surface area contributed by atoms with E-state index in [1.54, 1.807) is 4.90 Å². The van der Waals surface area contributed by atoms with Crippen molar-refractivity contribution in [1.29, 1.82) is 0 Å². The molecular weight excluding hydrogens is 292 g/mol. The van der Waals surface area contributed by atoms with Gasteiger partial charge in [0.25, 0.3) is 5.91 Å². The number of ether oxygens (including phenoxy) is 2. The summed E-state index contributed by atoms with van der Waals surface area (Å²) in [6.45, 7) is 10.4. The first-order valence-electron chi connectivity index (χ1n) is 8.29. The topological polar surface area (TPSA) is 64.8 Å². The third-order valence-electron chi connectivity index (χ3n) is 4.02. The Morgan fingerprint density at radius 3 is 2.65 bits per heavy atom. The predicted octanol–water partition coefficient (Wildman–Crippen LogP) is 2.46. The van der Waals surface area contributed by atoms with Crippen LogP contribution in [0, 0.1) is 0 Å². The van der Waals surface area contributed by atoms with Crippen LogP contribution < -0.4 is 15.4 Å². The molecule has 0 radical (unpaired) electrons. The van der Waals surface area contributed by atoms with Gasteiger partial charge in [-0.15, -0.1) is 0 Å². The first-order valence-corrected chi connectivity index (χ1v) is 8.29. The van der Waals surface area contributed by atoms with Gasteiger partial charge in [0.1, 0.15) is 5.75 Å². The Balaban J connectivity index is 2.30. The number of benzene rings is 1. The Morgan fingerprint density at radius 2 is 2.04 bits per heavy atom. The zero-order valence-corrected chi connectivity index (χ0v) is 14.6. The normalized spacial score (nSPS) is 17.9. The van der Waals surface area contributed by atoms with Crippen LogP contribution in [0.25, 0.3) is 0 Å². The number of carbonyl (C=O) groups excluding carboxylic acids is 1. The minimum absolute atomic E-state index is 0.00223. The Hall–Kier alpha value is -1.59. The van der Waals surface area contributed by atoms with Crippen LogP contribution in [0.2, 0.25) is 0 Å². The van der Waals surface area contributed by atoms with Gasteiger partial charge >= 0.3 is 0 Å². The maximum Gasteiger partial charge on any atom is 0.268 e. The molecule has 1 atom stereocenters. The lowest BCUT2D eigenvalue weighted by atomic mass is 9.86. The van der Waals surface area contributed by atoms with Crippen molar-refractivity contribution in [2.75, 3.05) is 31.2 Å². The molecule has 2 rings (SSSR count). The molecule has 0 bridgehead atoms. The monoisotopic (exact) mass is 320 g/mol. The van der Waals surface area contributed by atoms with Gasteiger partial charge in [0.05, 0.1) is 18.9 Å². The summed E-state index contributed by atoms with van der Waals surface area (Å²) in [4.78, 5) is 14.5. The number of carbonyl (C=O) groups is 1. The third kappa shape index (κ3) is 4.03. The second-order valence-corrected chi connectivity index (χ2v) is 6.84. The van der Waals surface area contributed by atoms with Gasteiger partial charge in [-0.1, -0.05) is 33.8 Å². The van der Waals surface area contributed by atoms with Crippen LogP contribution in [-0.2, 0) is 14.9 Å². The summed E-state index contributed by atoms with van der Waals surface area (Å²) < 4.78 is 11.3. The van der Waals surface area contributed by atoms with Crippen molar-refractivity contribution in [3.63, 3.8) is 0 Å². The number of amides is 1. The summed E-state index contributed by atoms with van der Waals surface area (Å²) in [5.41, 5.74) is 7.47. The SMILES string of the molecule is CCC1Oc2ccc(C(C)(C)C)cc2N(CCOCCN)C1=O. The second kappa shape index (κ2) is 7.32. The largest absolute Gasteiger partial charge is 0.478 e. The predicted molar refractivity (Wildman–Crippen MR) is 92.1 cm³/mol. The molecule has 2 N–H and O–H groups in total. The summed E-state index contributed by atoms with van der Waals surface area (Å²) >= 11 is 0. The van der Waals surface area contributed by atoms with Crippen molar-refractivity contribution in [2.45, 2.75) is 45.6 Å². The zero-order chi connectivity index (χ0) is 17.0. The molecule has 0 fully saturated rings. The Kier molecular flexibility index (Phi) is 5.65. The number of nitrogens with zero attached hydrogens (tertiary/aromatic N) is 1. The van der Waals surface area contributed by atoms with E-state index in [1.807, 2.05) is 13.0 Å². The minimum atomic E-state index is -0.419. The Morgan fingerprint density at radius 1 is 1.30 bits per heavy atom. The minimum Gasteiger partial charge on any atom is -0.478 e. The van der Waals surface area contributed by atoms with Gasteiger partial charge in [0, 0.05) is 13.1 Å². The molecule has 1 aromatic carbocycles. The molecule has 1 amide bonds. The van der Waals surface area contributed by atoms with Crippen LogP contribution in [0.3, 0.4) is 0 Å². The van der Waals surface area contributed by atoms with Gasteiger partial charge in [-0.05, 0) is 29.5 Å². The smallest absolute Gasteiger partial charge is 0.268 e. The lowest BCUT2D eigenvalue weighted by Gasteiger charge is -2.35. The standard InChI is InChI=1S/C18H28N2O3/c1-5-15-17(21)20(9-11-22-10-8-19)14-12-13(18(2,3)4)6-7-16(14)23-15/h6-7,12,15H,5,8-11,19H2,1-4H3. The van der Waals surface area contributed by atoms with Gasteiger partial charge in [0.2, 0.25) is 0 Å². The fraction of sp³-hybridized carbons (Fsp3) is 0.611. The maximum absolute atomic E-state index is 12.7. The first-order chi connectivity index (χ1) is 10.9. The van der Waals surface area contributed by atoms with Crippen molar-refractivity contribution in [3.8, 4) is 5.75 Å². The van der Waals surface area contributed by atoms with E-state index in [2.05, 4.69) is 32.9 Å². The highest BCUT2D eigenvalue weighted by Gasteiger charge is 2.33. The van der Waals surface area contributed by atoms with E-state index in [0.29, 0.717) is 32.7 Å². The highest BCUT2D eigenvalue weighted by molar-refractivity contribution is 6.00. The molecule has 0 aromatic heterocycles. The maximum atomic E-state index is 12.7. The molecular formula is C18H28N2O3. The lowest BCUT2D eigenvalue weighted by Crippen LogP contribution is -2.47. The van der Waals surface area contributed by atoms with Gasteiger partial charge in [-0.25, -0.2) is 0 Å². The number of nitrogens with two attached hydrogens (primary N) is 1. The quantitative estimate of drug-likeness (QED) is 0.818. The van der Waals surface area contributed by atoms with Crippen LogP contribution >= 0.6 is 0 Å². The molecule has 5 heteroatoms. The Bertz CT molecular complexity index is 552. The molecule has 1 aliphatic rings. The number of hydrogen-bond donors (Lipinski definition) is 1. The van der Waals surface area contributed by atoms with Crippen LogP contribution in [0.15, 0.2) is 18.2 Å². The number of fused-ring (bicyclic) bond motifs is 1. The lowest BCUT2D eigenvalue weighted by molar-refractivity contribution is -0.126. The summed E-state index contributed by atoms with van der Waals surface area (Å²) in [5, 5.41) is 0. The molecule has 5 nitrogen and oxygen atoms in total. The second-order valence-electron chi connectivity index (χ2n) is 6.84. The van der Waals surface area contributed by atoms with Crippen LogP contribution in [0.5, 0.6) is 5.75 Å². The van der Waals surface area contributed by atoms with Crippen molar-refractivity contribution < 1.29 is 14.3 Å². The molecule has 0 saturated heterocycles. The average Bonchev–Trinajstić information content (AvgIpc) is 2.51. The molecule has 1 aliphatic heterocycles. The number of hydrogen-bond acceptors (Lipinski definition) is 4. The highest BCUT2D eigenvalue weighted by Crippen LogP contribution is 2.38. The third-order valence-corrected chi connectivity index (χ3v) is 4.02. The van der Waals surface area contributed by atoms with E-state index in [1.165, 1.54) is 5.56 Å². The van der Waals surface area contributed by atoms with E-state index < -0.39 is 6.10 Å². The van der Waals surface area contributed by atoms with Gasteiger partial charge in [0.15, 0.2) is 6.10 Å². The fourth-order valence-corrected chi connectivity index (χ4v) is 2.62. The van der Waals surface area contributed by atoms with Crippen LogP contribution in [0.4, 0.5) is 5.69 Å². The van der Waals surface area contributed by atoms with E-state index in [9.17, 15) is 4.79 Å². The van der Waals surface area contributed by atoms with E-state index in [4.69, 9.17) is 15.2 Å². The van der Waals surface area contributed by atoms with Crippen molar-refractivity contribution in [1.82, 2.24) is 0 Å². The summed E-state index contributed by atoms with van der Waals surface area (Å²) in [7, 11) is 0. The molecule has 128 valence electrons. The van der Waals surface area contributed by atoms with Gasteiger partial charge in [-0.2, -0.15) is 0 Å². The summed E-state index contributed by atoms with van der Waals surface area (Å²) in [6, 6.07) is 6.10. The van der Waals surface area contributed by atoms with E-state index >= 15 is 0 Å². The number of anilines is 1. The average molecular weight is 320 g/mol. The van der Waals surface area contributed by atoms with Crippen LogP contribution in [0.1, 0.15) is 39.7 Å². The molecule has 1 unspecified atom stereocenters. The molecule has 0 saturated carbocycles. The molecule has 0 spiro atoms. The Labute approximate surface area is 138 Å². The first kappa shape index (κ1) is 17.8. The van der Waals surface area contributed by atoms with Gasteiger partial charge in [-0.3, -0.25) is 4.79 Å². The molecule has 1 aromatic rings. The van der Waals surface area contributed by atoms with E-state index in [-0.39, 0.29) is 11.3 Å². The molecule has 23 heavy (non-hydrogen) atoms. The number of rotatable bonds is 6. The highest BCUT2D eigenvalue weighted by atomic mass is 16.5. The molecule has 1 heterocycles. The fourth-order valence-electron chi connectivity index (χ4n) is 2.62. The molecule has 0 aliphatic carbocycles. The van der Waals surface area contributed by atoms with Crippen molar-refractivity contribution in [2.24, 2.45) is 5.73 Å². The summed E-state index contributed by atoms with van der Waals surface area (Å²) in [6.07, 6.45) is 0.233.